The number of carbonyl (C=O) groups is 2. The summed E-state index contributed by atoms with van der Waals surface area (Å²) in [5, 5.41) is 8.15. The fraction of sp³-hybridized carbons (Fsp3) is 0.421. The van der Waals surface area contributed by atoms with Crippen LogP contribution in [0.15, 0.2) is 23.6 Å². The zero-order valence-corrected chi connectivity index (χ0v) is 16.0. The molecule has 0 saturated carbocycles. The highest BCUT2D eigenvalue weighted by Crippen LogP contribution is 2.29. The maximum atomic E-state index is 12.5. The van der Waals surface area contributed by atoms with Crippen molar-refractivity contribution in [2.75, 3.05) is 30.3 Å². The number of ether oxygens (including phenoxy) is 1. The SMILES string of the molecule is C[C@@H]1CCCN(Cc2csc(NC(=O)c3ccc4c(c3)OCC(=O)N4)n2)C1. The van der Waals surface area contributed by atoms with E-state index in [-0.39, 0.29) is 18.4 Å². The van der Waals surface area contributed by atoms with Crippen molar-refractivity contribution < 1.29 is 14.3 Å². The molecule has 2 aliphatic rings. The summed E-state index contributed by atoms with van der Waals surface area (Å²) in [5.41, 5.74) is 2.03. The maximum absolute atomic E-state index is 12.5. The Morgan fingerprint density at radius 3 is 3.22 bits per heavy atom. The topological polar surface area (TPSA) is 83.6 Å². The van der Waals surface area contributed by atoms with E-state index >= 15 is 0 Å². The molecule has 0 spiro atoms. The summed E-state index contributed by atoms with van der Waals surface area (Å²) in [6, 6.07) is 4.96. The van der Waals surface area contributed by atoms with Gasteiger partial charge in [0.1, 0.15) is 5.75 Å². The number of thiazole rings is 1. The van der Waals surface area contributed by atoms with E-state index in [1.807, 2.05) is 5.38 Å². The largest absolute Gasteiger partial charge is 0.482 e. The van der Waals surface area contributed by atoms with Crippen LogP contribution >= 0.6 is 11.3 Å². The summed E-state index contributed by atoms with van der Waals surface area (Å²) >= 11 is 1.43. The van der Waals surface area contributed by atoms with E-state index in [1.165, 1.54) is 24.2 Å². The molecule has 1 aromatic carbocycles. The molecule has 8 heteroatoms. The van der Waals surface area contributed by atoms with Crippen LogP contribution in [0, 0.1) is 5.92 Å². The molecule has 1 fully saturated rings. The molecule has 4 rings (SSSR count). The summed E-state index contributed by atoms with van der Waals surface area (Å²) in [6.45, 7) is 5.28. The predicted molar refractivity (Wildman–Crippen MR) is 104 cm³/mol. The van der Waals surface area contributed by atoms with Crippen molar-refractivity contribution in [3.05, 3.63) is 34.8 Å². The molecule has 0 radical (unpaired) electrons. The highest BCUT2D eigenvalue weighted by Gasteiger charge is 2.20. The van der Waals surface area contributed by atoms with Crippen molar-refractivity contribution in [3.63, 3.8) is 0 Å². The number of nitrogens with one attached hydrogen (secondary N) is 2. The van der Waals surface area contributed by atoms with Crippen molar-refractivity contribution >= 4 is 34.0 Å². The van der Waals surface area contributed by atoms with Crippen LogP contribution in [0.5, 0.6) is 5.75 Å². The van der Waals surface area contributed by atoms with Crippen LogP contribution in [0.1, 0.15) is 35.8 Å². The van der Waals surface area contributed by atoms with Crippen molar-refractivity contribution in [1.82, 2.24) is 9.88 Å². The summed E-state index contributed by atoms with van der Waals surface area (Å²) in [4.78, 5) is 30.8. The highest BCUT2D eigenvalue weighted by atomic mass is 32.1. The lowest BCUT2D eigenvalue weighted by Gasteiger charge is -2.30. The van der Waals surface area contributed by atoms with E-state index in [1.54, 1.807) is 18.2 Å². The van der Waals surface area contributed by atoms with E-state index in [0.717, 1.165) is 31.2 Å². The predicted octanol–water partition coefficient (Wildman–Crippen LogP) is 2.96. The Bertz CT molecular complexity index is 866. The van der Waals surface area contributed by atoms with Crippen molar-refractivity contribution in [2.45, 2.75) is 26.3 Å². The first-order valence-electron chi connectivity index (χ1n) is 9.11. The Balaban J connectivity index is 1.39. The minimum atomic E-state index is -0.245. The number of hydrogen-bond donors (Lipinski definition) is 2. The normalized spacial score (nSPS) is 19.7. The third-order valence-electron chi connectivity index (χ3n) is 4.78. The van der Waals surface area contributed by atoms with Gasteiger partial charge < -0.3 is 10.1 Å². The number of hydrogen-bond acceptors (Lipinski definition) is 6. The Labute approximate surface area is 161 Å². The Kier molecular flexibility index (Phi) is 5.09. The van der Waals surface area contributed by atoms with Crippen molar-refractivity contribution in [3.8, 4) is 5.75 Å². The number of amides is 2. The summed E-state index contributed by atoms with van der Waals surface area (Å²) in [7, 11) is 0. The van der Waals surface area contributed by atoms with Crippen LogP contribution in [-0.4, -0.2) is 41.4 Å². The number of carbonyl (C=O) groups excluding carboxylic acids is 2. The number of likely N-dealkylation sites (tertiary alicyclic amines) is 1. The van der Waals surface area contributed by atoms with Crippen LogP contribution in [0.25, 0.3) is 0 Å². The fourth-order valence-corrected chi connectivity index (χ4v) is 4.18. The standard InChI is InChI=1S/C19H22N4O3S/c1-12-3-2-6-23(8-12)9-14-11-27-19(20-14)22-18(25)13-4-5-15-16(7-13)26-10-17(24)21-15/h4-5,7,11-12H,2-3,6,8-10H2,1H3,(H,21,24)(H,20,22,25)/t12-/m1/s1. The smallest absolute Gasteiger partial charge is 0.262 e. The second kappa shape index (κ2) is 7.66. The third-order valence-corrected chi connectivity index (χ3v) is 5.58. The molecule has 1 atom stereocenters. The minimum Gasteiger partial charge on any atom is -0.482 e. The van der Waals surface area contributed by atoms with Crippen LogP contribution in [0.2, 0.25) is 0 Å². The molecule has 2 aliphatic heterocycles. The monoisotopic (exact) mass is 386 g/mol. The Hall–Kier alpha value is -2.45. The van der Waals surface area contributed by atoms with Gasteiger partial charge in [-0.05, 0) is 43.5 Å². The summed E-state index contributed by atoms with van der Waals surface area (Å²) < 4.78 is 5.36. The molecule has 1 saturated heterocycles. The van der Waals surface area contributed by atoms with Gasteiger partial charge in [0.2, 0.25) is 0 Å². The molecule has 1 aromatic heterocycles. The molecular formula is C19H22N4O3S. The molecule has 27 heavy (non-hydrogen) atoms. The van der Waals surface area contributed by atoms with Gasteiger partial charge in [0, 0.05) is 24.0 Å². The average molecular weight is 386 g/mol. The first-order valence-corrected chi connectivity index (χ1v) is 9.99. The first-order chi connectivity index (χ1) is 13.1. The maximum Gasteiger partial charge on any atom is 0.262 e. The van der Waals surface area contributed by atoms with Gasteiger partial charge in [0.25, 0.3) is 11.8 Å². The molecule has 2 amide bonds. The van der Waals surface area contributed by atoms with Gasteiger partial charge in [-0.25, -0.2) is 4.98 Å². The van der Waals surface area contributed by atoms with Gasteiger partial charge in [-0.3, -0.25) is 19.8 Å². The first kappa shape index (κ1) is 17.9. The van der Waals surface area contributed by atoms with E-state index in [0.29, 0.717) is 22.1 Å². The second-order valence-corrected chi connectivity index (χ2v) is 7.99. The molecule has 2 aromatic rings. The molecule has 2 N–H and O–H groups in total. The van der Waals surface area contributed by atoms with E-state index in [2.05, 4.69) is 27.4 Å². The number of piperidine rings is 1. The van der Waals surface area contributed by atoms with Gasteiger partial charge in [-0.2, -0.15) is 0 Å². The molecule has 142 valence electrons. The van der Waals surface area contributed by atoms with Crippen molar-refractivity contribution in [2.24, 2.45) is 5.92 Å². The molecular weight excluding hydrogens is 364 g/mol. The van der Waals surface area contributed by atoms with Gasteiger partial charge >= 0.3 is 0 Å². The van der Waals surface area contributed by atoms with Crippen LogP contribution in [0.3, 0.4) is 0 Å². The lowest BCUT2D eigenvalue weighted by atomic mass is 10.0. The number of benzene rings is 1. The number of rotatable bonds is 4. The third kappa shape index (κ3) is 4.28. The summed E-state index contributed by atoms with van der Waals surface area (Å²) in [5.74, 6) is 0.790. The van der Waals surface area contributed by atoms with Gasteiger partial charge in [-0.15, -0.1) is 11.3 Å². The second-order valence-electron chi connectivity index (χ2n) is 7.13. The lowest BCUT2D eigenvalue weighted by molar-refractivity contribution is -0.118. The number of anilines is 2. The number of aromatic nitrogens is 1. The average Bonchev–Trinajstić information content (AvgIpc) is 3.08. The zero-order valence-electron chi connectivity index (χ0n) is 15.2. The number of nitrogens with zero attached hydrogens (tertiary/aromatic N) is 2. The highest BCUT2D eigenvalue weighted by molar-refractivity contribution is 7.14. The molecule has 0 bridgehead atoms. The molecule has 3 heterocycles. The number of fused-ring (bicyclic) bond motifs is 1. The van der Waals surface area contributed by atoms with Gasteiger partial charge in [0.15, 0.2) is 11.7 Å². The van der Waals surface area contributed by atoms with Gasteiger partial charge in [0.05, 0.1) is 11.4 Å². The minimum absolute atomic E-state index is 0.0387. The van der Waals surface area contributed by atoms with Crippen LogP contribution in [-0.2, 0) is 11.3 Å². The van der Waals surface area contributed by atoms with Gasteiger partial charge in [-0.1, -0.05) is 6.92 Å². The molecule has 7 nitrogen and oxygen atoms in total. The van der Waals surface area contributed by atoms with E-state index in [9.17, 15) is 9.59 Å². The zero-order chi connectivity index (χ0) is 18.8. The van der Waals surface area contributed by atoms with Crippen molar-refractivity contribution in [1.29, 1.82) is 0 Å². The lowest BCUT2D eigenvalue weighted by Crippen LogP contribution is -2.33. The van der Waals surface area contributed by atoms with Crippen LogP contribution < -0.4 is 15.4 Å². The van der Waals surface area contributed by atoms with E-state index in [4.69, 9.17) is 4.74 Å². The van der Waals surface area contributed by atoms with Crippen LogP contribution in [0.4, 0.5) is 10.8 Å². The van der Waals surface area contributed by atoms with E-state index < -0.39 is 0 Å². The quantitative estimate of drug-likeness (QED) is 0.844. The summed E-state index contributed by atoms with van der Waals surface area (Å²) in [6.07, 6.45) is 2.53. The molecule has 0 aliphatic carbocycles. The Morgan fingerprint density at radius 2 is 2.37 bits per heavy atom. The Morgan fingerprint density at radius 1 is 1.48 bits per heavy atom. The molecule has 0 unspecified atom stereocenters. The fourth-order valence-electron chi connectivity index (χ4n) is 3.48.